The molecule has 1 amide bonds. The third-order valence-electron chi connectivity index (χ3n) is 3.29. The van der Waals surface area contributed by atoms with Gasteiger partial charge in [-0.25, -0.2) is 14.2 Å². The molecule has 1 aromatic heterocycles. The smallest absolute Gasteiger partial charge is 0.354 e. The van der Waals surface area contributed by atoms with Crippen LogP contribution in [0.4, 0.5) is 4.39 Å². The van der Waals surface area contributed by atoms with Gasteiger partial charge in [-0.15, -0.1) is 0 Å². The first-order valence-corrected chi connectivity index (χ1v) is 8.88. The van der Waals surface area contributed by atoms with Crippen LogP contribution in [0.1, 0.15) is 20.8 Å². The Morgan fingerprint density at radius 1 is 0.966 bits per heavy atom. The van der Waals surface area contributed by atoms with E-state index in [9.17, 15) is 14.0 Å². The van der Waals surface area contributed by atoms with Gasteiger partial charge < -0.3 is 15.6 Å². The van der Waals surface area contributed by atoms with Crippen molar-refractivity contribution in [3.05, 3.63) is 86.9 Å². The largest absolute Gasteiger partial charge is 0.477 e. The summed E-state index contributed by atoms with van der Waals surface area (Å²) in [5.41, 5.74) is 5.36. The molecule has 3 aromatic rings. The molecule has 10 heteroatoms. The highest BCUT2D eigenvalue weighted by atomic mass is 35.5. The number of halogens is 4. The first-order valence-electron chi connectivity index (χ1n) is 7.75. The van der Waals surface area contributed by atoms with Crippen molar-refractivity contribution in [2.24, 2.45) is 5.73 Å². The molecule has 0 radical (unpaired) electrons. The van der Waals surface area contributed by atoms with Gasteiger partial charge in [-0.3, -0.25) is 4.79 Å². The molecule has 0 fully saturated rings. The van der Waals surface area contributed by atoms with Crippen molar-refractivity contribution in [3.63, 3.8) is 0 Å². The quantitative estimate of drug-likeness (QED) is 0.542. The molecule has 0 aliphatic rings. The molecule has 0 bridgehead atoms. The van der Waals surface area contributed by atoms with Crippen LogP contribution in [-0.4, -0.2) is 22.0 Å². The van der Waals surface area contributed by atoms with E-state index in [1.807, 2.05) is 0 Å². The Labute approximate surface area is 179 Å². The molecule has 0 saturated carbocycles. The second-order valence-corrected chi connectivity index (χ2v) is 6.55. The number of aromatic nitrogens is 1. The Morgan fingerprint density at radius 3 is 2.17 bits per heavy atom. The van der Waals surface area contributed by atoms with Crippen LogP contribution in [0, 0.1) is 5.82 Å². The Kier molecular flexibility index (Phi) is 7.78. The number of carbonyl (C=O) groups excluding carboxylic acids is 1. The maximum atomic E-state index is 13.0. The van der Waals surface area contributed by atoms with E-state index in [-0.39, 0.29) is 37.8 Å². The first kappa shape index (κ1) is 22.4. The number of ether oxygens (including phenoxy) is 1. The number of carboxylic acids is 1. The van der Waals surface area contributed by atoms with Crippen LogP contribution < -0.4 is 10.5 Å². The van der Waals surface area contributed by atoms with Crippen LogP contribution in [0.15, 0.2) is 54.7 Å². The van der Waals surface area contributed by atoms with Gasteiger partial charge >= 0.3 is 5.97 Å². The molecule has 1 heterocycles. The summed E-state index contributed by atoms with van der Waals surface area (Å²) in [6.07, 6.45) is 1.45. The number of hydrogen-bond acceptors (Lipinski definition) is 4. The van der Waals surface area contributed by atoms with Crippen LogP contribution in [0.25, 0.3) is 0 Å². The summed E-state index contributed by atoms with van der Waals surface area (Å²) < 4.78 is 18.4. The zero-order valence-electron chi connectivity index (χ0n) is 14.4. The summed E-state index contributed by atoms with van der Waals surface area (Å²) in [5.74, 6) is -1.99. The first-order chi connectivity index (χ1) is 13.7. The van der Waals surface area contributed by atoms with Gasteiger partial charge in [-0.1, -0.05) is 40.9 Å². The highest BCUT2D eigenvalue weighted by molar-refractivity contribution is 6.42. The molecule has 0 saturated heterocycles. The fourth-order valence-corrected chi connectivity index (χ4v) is 2.49. The van der Waals surface area contributed by atoms with Crippen molar-refractivity contribution < 1.29 is 23.8 Å². The van der Waals surface area contributed by atoms with Gasteiger partial charge in [0.05, 0.1) is 20.6 Å². The van der Waals surface area contributed by atoms with E-state index in [1.54, 1.807) is 12.1 Å². The van der Waals surface area contributed by atoms with Crippen LogP contribution >= 0.6 is 34.8 Å². The lowest BCUT2D eigenvalue weighted by atomic mass is 10.2. The molecule has 150 valence electrons. The number of hydrogen-bond donors (Lipinski definition) is 2. The van der Waals surface area contributed by atoms with Crippen LogP contribution in [0.5, 0.6) is 11.5 Å². The maximum absolute atomic E-state index is 13.0. The van der Waals surface area contributed by atoms with Crippen LogP contribution in [0.2, 0.25) is 15.1 Å². The lowest BCUT2D eigenvalue weighted by Crippen LogP contribution is -2.12. The number of nitrogens with two attached hydrogens (primary N) is 1. The standard InChI is InChI=1S/C13H7Cl3FNO2.C6H5NO2/c14-8-4-7(13(18)19)12(5-9(8)15)20-11-2-1-6(17)3-10(11)16;8-6(9)5-3-1-2-4-7-5/h1-5H,(H2,18,19);1-4H,(H,8,9). The van der Waals surface area contributed by atoms with Gasteiger partial charge in [0.1, 0.15) is 23.0 Å². The Bertz CT molecular complexity index is 1050. The van der Waals surface area contributed by atoms with Gasteiger partial charge in [0.25, 0.3) is 5.91 Å². The number of rotatable bonds is 4. The van der Waals surface area contributed by atoms with E-state index in [4.69, 9.17) is 50.4 Å². The Balaban J connectivity index is 0.000000278. The second kappa shape index (κ2) is 10.1. The fourth-order valence-electron chi connectivity index (χ4n) is 1.97. The average Bonchev–Trinajstić information content (AvgIpc) is 2.67. The van der Waals surface area contributed by atoms with Crippen LogP contribution in [-0.2, 0) is 0 Å². The normalized spacial score (nSPS) is 9.93. The van der Waals surface area contributed by atoms with E-state index >= 15 is 0 Å². The van der Waals surface area contributed by atoms with Gasteiger partial charge in [-0.2, -0.15) is 0 Å². The number of amides is 1. The number of pyridine rings is 1. The minimum atomic E-state index is -0.990. The van der Waals surface area contributed by atoms with Gasteiger partial charge in [0.2, 0.25) is 0 Å². The summed E-state index contributed by atoms with van der Waals surface area (Å²) in [5, 5.41) is 8.72. The minimum absolute atomic E-state index is 0.0415. The molecule has 2 aromatic carbocycles. The van der Waals surface area contributed by atoms with Crippen molar-refractivity contribution >= 4 is 46.7 Å². The number of primary amides is 1. The topological polar surface area (TPSA) is 103 Å². The third-order valence-corrected chi connectivity index (χ3v) is 4.30. The van der Waals surface area contributed by atoms with E-state index in [1.165, 1.54) is 36.5 Å². The van der Waals surface area contributed by atoms with E-state index in [2.05, 4.69) is 4.98 Å². The second-order valence-electron chi connectivity index (χ2n) is 5.32. The molecule has 0 aliphatic carbocycles. The molecular weight excluding hydrogens is 446 g/mol. The maximum Gasteiger partial charge on any atom is 0.354 e. The number of aromatic carboxylic acids is 1. The number of carboxylic acid groups (broad SMARTS) is 1. The predicted octanol–water partition coefficient (Wildman–Crippen LogP) is 5.46. The van der Waals surface area contributed by atoms with Crippen molar-refractivity contribution in [1.82, 2.24) is 4.98 Å². The Morgan fingerprint density at radius 2 is 1.66 bits per heavy atom. The molecule has 3 N–H and O–H groups in total. The fraction of sp³-hybridized carbons (Fsp3) is 0. The van der Waals surface area contributed by atoms with Crippen molar-refractivity contribution in [3.8, 4) is 11.5 Å². The van der Waals surface area contributed by atoms with Gasteiger partial charge in [0, 0.05) is 12.3 Å². The van der Waals surface area contributed by atoms with Gasteiger partial charge in [0.15, 0.2) is 0 Å². The van der Waals surface area contributed by atoms with E-state index in [0.29, 0.717) is 0 Å². The van der Waals surface area contributed by atoms with Crippen molar-refractivity contribution in [1.29, 1.82) is 0 Å². The third kappa shape index (κ3) is 6.32. The lowest BCUT2D eigenvalue weighted by molar-refractivity contribution is 0.0690. The number of carbonyl (C=O) groups is 2. The molecule has 6 nitrogen and oxygen atoms in total. The van der Waals surface area contributed by atoms with Crippen molar-refractivity contribution in [2.45, 2.75) is 0 Å². The zero-order chi connectivity index (χ0) is 21.6. The lowest BCUT2D eigenvalue weighted by Gasteiger charge is -2.11. The Hall–Kier alpha value is -2.87. The molecule has 0 aliphatic heterocycles. The van der Waals surface area contributed by atoms with E-state index in [0.717, 1.165) is 6.07 Å². The molecular formula is C19H12Cl3FN2O4. The van der Waals surface area contributed by atoms with Gasteiger partial charge in [-0.05, 0) is 36.4 Å². The summed E-state index contributed by atoms with van der Waals surface area (Å²) in [6.45, 7) is 0. The molecule has 0 atom stereocenters. The van der Waals surface area contributed by atoms with Crippen LogP contribution in [0.3, 0.4) is 0 Å². The predicted molar refractivity (Wildman–Crippen MR) is 108 cm³/mol. The summed E-state index contributed by atoms with van der Waals surface area (Å²) in [4.78, 5) is 25.1. The summed E-state index contributed by atoms with van der Waals surface area (Å²) in [6, 6.07) is 11.0. The molecule has 0 unspecified atom stereocenters. The zero-order valence-corrected chi connectivity index (χ0v) is 16.7. The monoisotopic (exact) mass is 456 g/mol. The molecule has 29 heavy (non-hydrogen) atoms. The highest BCUT2D eigenvalue weighted by Gasteiger charge is 2.15. The minimum Gasteiger partial charge on any atom is -0.477 e. The average molecular weight is 458 g/mol. The van der Waals surface area contributed by atoms with E-state index < -0.39 is 17.7 Å². The number of nitrogens with zero attached hydrogens (tertiary/aromatic N) is 1. The number of benzene rings is 2. The molecule has 0 spiro atoms. The summed E-state index contributed by atoms with van der Waals surface area (Å²) >= 11 is 17.5. The summed E-state index contributed by atoms with van der Waals surface area (Å²) in [7, 11) is 0. The molecule has 3 rings (SSSR count). The van der Waals surface area contributed by atoms with Crippen molar-refractivity contribution in [2.75, 3.05) is 0 Å². The SMILES string of the molecule is NC(=O)c1cc(Cl)c(Cl)cc1Oc1ccc(F)cc1Cl.O=C(O)c1ccccn1. The highest BCUT2D eigenvalue weighted by Crippen LogP contribution is 2.35.